The van der Waals surface area contributed by atoms with Crippen LogP contribution in [0.4, 0.5) is 0 Å². The normalized spacial score (nSPS) is 29.0. The van der Waals surface area contributed by atoms with Gasteiger partial charge >= 0.3 is 0 Å². The van der Waals surface area contributed by atoms with Crippen molar-refractivity contribution >= 4 is 0 Å². The van der Waals surface area contributed by atoms with Gasteiger partial charge in [-0.2, -0.15) is 0 Å². The van der Waals surface area contributed by atoms with Crippen LogP contribution < -0.4 is 10.1 Å². The molecule has 0 amide bonds. The van der Waals surface area contributed by atoms with Gasteiger partial charge in [-0.15, -0.1) is 0 Å². The minimum atomic E-state index is 0.209. The third kappa shape index (κ3) is 2.70. The fourth-order valence-corrected chi connectivity index (χ4v) is 3.30. The number of hydrogen-bond acceptors (Lipinski definition) is 3. The molecule has 1 aromatic rings. The summed E-state index contributed by atoms with van der Waals surface area (Å²) in [6, 6.07) is 7.09. The van der Waals surface area contributed by atoms with Crippen molar-refractivity contribution in [2.45, 2.75) is 51.8 Å². The van der Waals surface area contributed by atoms with E-state index < -0.39 is 0 Å². The minimum absolute atomic E-state index is 0.209. The Kier molecular flexibility index (Phi) is 3.51. The molecule has 0 aliphatic carbocycles. The van der Waals surface area contributed by atoms with Crippen molar-refractivity contribution in [1.82, 2.24) is 10.2 Å². The standard InChI is InChI=1S/C17H26N2O/c1-12-5-6-16-14(7-12)8-15(20-16)10-19-9-13(2)18-11-17(19,3)4/h5-7,13,15,18H,8-11H2,1-4H3. The van der Waals surface area contributed by atoms with Crippen LogP contribution in [0, 0.1) is 6.92 Å². The topological polar surface area (TPSA) is 24.5 Å². The van der Waals surface area contributed by atoms with Crippen LogP contribution in [0.5, 0.6) is 5.75 Å². The van der Waals surface area contributed by atoms with E-state index in [2.05, 4.69) is 56.1 Å². The van der Waals surface area contributed by atoms with E-state index in [9.17, 15) is 0 Å². The molecule has 2 atom stereocenters. The average Bonchev–Trinajstić information content (AvgIpc) is 2.76. The van der Waals surface area contributed by atoms with E-state index in [0.717, 1.165) is 31.8 Å². The maximum absolute atomic E-state index is 6.13. The third-order valence-electron chi connectivity index (χ3n) is 4.61. The molecule has 3 rings (SSSR count). The molecule has 1 N–H and O–H groups in total. The summed E-state index contributed by atoms with van der Waals surface area (Å²) < 4.78 is 6.13. The zero-order valence-corrected chi connectivity index (χ0v) is 13.1. The predicted octanol–water partition coefficient (Wildman–Crippen LogP) is 2.37. The highest BCUT2D eigenvalue weighted by atomic mass is 16.5. The summed E-state index contributed by atoms with van der Waals surface area (Å²) in [5, 5.41) is 3.57. The molecule has 0 radical (unpaired) electrons. The minimum Gasteiger partial charge on any atom is -0.488 e. The first-order chi connectivity index (χ1) is 9.44. The molecule has 2 aliphatic heterocycles. The molecule has 3 heteroatoms. The van der Waals surface area contributed by atoms with Crippen LogP contribution in [-0.2, 0) is 6.42 Å². The van der Waals surface area contributed by atoms with Gasteiger partial charge < -0.3 is 10.1 Å². The van der Waals surface area contributed by atoms with Crippen molar-refractivity contribution in [1.29, 1.82) is 0 Å². The first kappa shape index (κ1) is 13.9. The lowest BCUT2D eigenvalue weighted by atomic mass is 9.96. The first-order valence-electron chi connectivity index (χ1n) is 7.69. The summed E-state index contributed by atoms with van der Waals surface area (Å²) >= 11 is 0. The Morgan fingerprint density at radius 3 is 3.00 bits per heavy atom. The SMILES string of the molecule is Cc1ccc2c(c1)CC(CN1CC(C)NCC1(C)C)O2. The van der Waals surface area contributed by atoms with Crippen molar-refractivity contribution in [3.63, 3.8) is 0 Å². The number of ether oxygens (including phenoxy) is 1. The average molecular weight is 274 g/mol. The fourth-order valence-electron chi connectivity index (χ4n) is 3.30. The number of nitrogens with zero attached hydrogens (tertiary/aromatic N) is 1. The molecule has 20 heavy (non-hydrogen) atoms. The van der Waals surface area contributed by atoms with Crippen molar-refractivity contribution in [2.24, 2.45) is 0 Å². The Balaban J connectivity index is 1.68. The van der Waals surface area contributed by atoms with Crippen LogP contribution in [0.3, 0.4) is 0 Å². The molecule has 1 fully saturated rings. The lowest BCUT2D eigenvalue weighted by Crippen LogP contribution is -2.62. The molecule has 110 valence electrons. The fraction of sp³-hybridized carbons (Fsp3) is 0.647. The summed E-state index contributed by atoms with van der Waals surface area (Å²) in [6.45, 7) is 12.2. The maximum atomic E-state index is 6.13. The number of nitrogens with one attached hydrogen (secondary N) is 1. The number of rotatable bonds is 2. The van der Waals surface area contributed by atoms with Crippen molar-refractivity contribution in [3.8, 4) is 5.75 Å². The van der Waals surface area contributed by atoms with Crippen LogP contribution in [-0.4, -0.2) is 42.2 Å². The summed E-state index contributed by atoms with van der Waals surface area (Å²) in [5.74, 6) is 1.08. The highest BCUT2D eigenvalue weighted by Gasteiger charge is 2.35. The summed E-state index contributed by atoms with van der Waals surface area (Å²) in [4.78, 5) is 2.58. The molecular weight excluding hydrogens is 248 g/mol. The molecule has 0 aromatic heterocycles. The molecule has 2 aliphatic rings. The van der Waals surface area contributed by atoms with E-state index in [1.165, 1.54) is 11.1 Å². The Labute approximate surface area is 122 Å². The Bertz CT molecular complexity index is 498. The van der Waals surface area contributed by atoms with Gasteiger partial charge in [-0.25, -0.2) is 0 Å². The molecule has 1 aromatic carbocycles. The largest absolute Gasteiger partial charge is 0.488 e. The van der Waals surface area contributed by atoms with Gasteiger partial charge in [-0.1, -0.05) is 17.7 Å². The summed E-state index contributed by atoms with van der Waals surface area (Å²) in [5.41, 5.74) is 2.90. The van der Waals surface area contributed by atoms with Gasteiger partial charge in [0.05, 0.1) is 0 Å². The molecule has 1 saturated heterocycles. The monoisotopic (exact) mass is 274 g/mol. The van der Waals surface area contributed by atoms with Crippen LogP contribution in [0.1, 0.15) is 31.9 Å². The van der Waals surface area contributed by atoms with Gasteiger partial charge in [0, 0.05) is 37.6 Å². The number of aryl methyl sites for hydroxylation is 1. The van der Waals surface area contributed by atoms with Crippen molar-refractivity contribution < 1.29 is 4.74 Å². The highest BCUT2D eigenvalue weighted by Crippen LogP contribution is 2.31. The molecule has 0 spiro atoms. The molecule has 0 bridgehead atoms. The van der Waals surface area contributed by atoms with E-state index in [1.807, 2.05) is 0 Å². The van der Waals surface area contributed by atoms with Crippen LogP contribution in [0.2, 0.25) is 0 Å². The maximum Gasteiger partial charge on any atom is 0.123 e. The van der Waals surface area contributed by atoms with E-state index in [4.69, 9.17) is 4.74 Å². The van der Waals surface area contributed by atoms with E-state index >= 15 is 0 Å². The van der Waals surface area contributed by atoms with E-state index in [0.29, 0.717) is 12.1 Å². The van der Waals surface area contributed by atoms with Gasteiger partial charge in [-0.3, -0.25) is 4.90 Å². The molecule has 3 nitrogen and oxygen atoms in total. The van der Waals surface area contributed by atoms with E-state index in [1.54, 1.807) is 0 Å². The van der Waals surface area contributed by atoms with Gasteiger partial charge in [0.15, 0.2) is 0 Å². The molecule has 0 saturated carbocycles. The zero-order valence-electron chi connectivity index (χ0n) is 13.1. The number of hydrogen-bond donors (Lipinski definition) is 1. The Morgan fingerprint density at radius 1 is 1.40 bits per heavy atom. The van der Waals surface area contributed by atoms with Gasteiger partial charge in [0.1, 0.15) is 11.9 Å². The number of fused-ring (bicyclic) bond motifs is 1. The van der Waals surface area contributed by atoms with Crippen molar-refractivity contribution in [3.05, 3.63) is 29.3 Å². The molecular formula is C17H26N2O. The highest BCUT2D eigenvalue weighted by molar-refractivity contribution is 5.40. The first-order valence-corrected chi connectivity index (χ1v) is 7.69. The van der Waals surface area contributed by atoms with Gasteiger partial charge in [0.25, 0.3) is 0 Å². The molecule has 2 unspecified atom stereocenters. The predicted molar refractivity (Wildman–Crippen MR) is 82.4 cm³/mol. The summed E-state index contributed by atoms with van der Waals surface area (Å²) in [7, 11) is 0. The smallest absolute Gasteiger partial charge is 0.123 e. The van der Waals surface area contributed by atoms with Crippen LogP contribution in [0.15, 0.2) is 18.2 Å². The second kappa shape index (κ2) is 5.05. The van der Waals surface area contributed by atoms with Crippen molar-refractivity contribution in [2.75, 3.05) is 19.6 Å². The second-order valence-electron chi connectivity index (χ2n) is 7.05. The lowest BCUT2D eigenvalue weighted by Gasteiger charge is -2.46. The Hall–Kier alpha value is -1.06. The number of benzene rings is 1. The summed E-state index contributed by atoms with van der Waals surface area (Å²) in [6.07, 6.45) is 1.35. The van der Waals surface area contributed by atoms with Gasteiger partial charge in [0.2, 0.25) is 0 Å². The quantitative estimate of drug-likeness (QED) is 0.896. The number of piperazine rings is 1. The van der Waals surface area contributed by atoms with Gasteiger partial charge in [-0.05, 0) is 39.3 Å². The lowest BCUT2D eigenvalue weighted by molar-refractivity contribution is 0.0360. The van der Waals surface area contributed by atoms with Crippen LogP contribution in [0.25, 0.3) is 0 Å². The zero-order chi connectivity index (χ0) is 14.3. The second-order valence-corrected chi connectivity index (χ2v) is 7.05. The molecule has 2 heterocycles. The van der Waals surface area contributed by atoms with E-state index in [-0.39, 0.29) is 5.54 Å². The van der Waals surface area contributed by atoms with Crippen LogP contribution >= 0.6 is 0 Å². The third-order valence-corrected chi connectivity index (χ3v) is 4.61. The Morgan fingerprint density at radius 2 is 2.20 bits per heavy atom.